The molecule has 0 unspecified atom stereocenters. The van der Waals surface area contributed by atoms with Crippen LogP contribution in [0.4, 0.5) is 0 Å². The molecule has 142 valence electrons. The van der Waals surface area contributed by atoms with Crippen molar-refractivity contribution in [3.63, 3.8) is 0 Å². The van der Waals surface area contributed by atoms with E-state index in [2.05, 4.69) is 22.8 Å². The van der Waals surface area contributed by atoms with E-state index in [1.54, 1.807) is 43.1 Å². The Hall–Kier alpha value is -3.24. The van der Waals surface area contributed by atoms with Crippen molar-refractivity contribution in [3.05, 3.63) is 66.7 Å². The predicted molar refractivity (Wildman–Crippen MR) is 110 cm³/mol. The fraction of sp³-hybridized carbons (Fsp3) is 0.190. The van der Waals surface area contributed by atoms with Gasteiger partial charge in [0, 0.05) is 17.9 Å². The van der Waals surface area contributed by atoms with E-state index in [4.69, 9.17) is 14.7 Å². The van der Waals surface area contributed by atoms with Crippen LogP contribution in [-0.2, 0) is 6.54 Å². The first-order valence-electron chi connectivity index (χ1n) is 8.69. The summed E-state index contributed by atoms with van der Waals surface area (Å²) in [5.41, 5.74) is 1.58. The largest absolute Gasteiger partial charge is 0.497 e. The summed E-state index contributed by atoms with van der Waals surface area (Å²) in [6.45, 7) is 4.98. The fourth-order valence-electron chi connectivity index (χ4n) is 2.56. The second-order valence-electron chi connectivity index (χ2n) is 5.77. The van der Waals surface area contributed by atoms with Crippen molar-refractivity contribution in [2.45, 2.75) is 11.7 Å². The smallest absolute Gasteiger partial charge is 0.191 e. The molecule has 1 heterocycles. The SMILES string of the molecule is C=CCn1c(SCCOc2ccc(C#N)cc2)nnc1-c1ccc(OC)cc1. The van der Waals surface area contributed by atoms with Gasteiger partial charge in [0.15, 0.2) is 11.0 Å². The lowest BCUT2D eigenvalue weighted by molar-refractivity contribution is 0.344. The molecule has 0 atom stereocenters. The van der Waals surface area contributed by atoms with Gasteiger partial charge >= 0.3 is 0 Å². The molecule has 1 aromatic heterocycles. The van der Waals surface area contributed by atoms with Crippen LogP contribution in [0.2, 0.25) is 0 Å². The van der Waals surface area contributed by atoms with Crippen molar-refractivity contribution in [3.8, 4) is 29.0 Å². The van der Waals surface area contributed by atoms with Crippen LogP contribution in [0, 0.1) is 11.3 Å². The molecule has 0 N–H and O–H groups in total. The summed E-state index contributed by atoms with van der Waals surface area (Å²) in [5, 5.41) is 18.3. The Kier molecular flexibility index (Phi) is 6.71. The number of nitrogens with zero attached hydrogens (tertiary/aromatic N) is 4. The van der Waals surface area contributed by atoms with E-state index in [1.165, 1.54) is 0 Å². The van der Waals surface area contributed by atoms with Gasteiger partial charge in [0.05, 0.1) is 25.3 Å². The van der Waals surface area contributed by atoms with Crippen LogP contribution in [0.15, 0.2) is 66.3 Å². The van der Waals surface area contributed by atoms with Gasteiger partial charge in [-0.1, -0.05) is 17.8 Å². The van der Waals surface area contributed by atoms with Gasteiger partial charge in [-0.2, -0.15) is 5.26 Å². The number of aromatic nitrogens is 3. The Morgan fingerprint density at radius 3 is 2.46 bits per heavy atom. The topological polar surface area (TPSA) is 73.0 Å². The van der Waals surface area contributed by atoms with Crippen LogP contribution in [0.5, 0.6) is 11.5 Å². The number of nitriles is 1. The van der Waals surface area contributed by atoms with Crippen LogP contribution in [0.3, 0.4) is 0 Å². The molecule has 3 rings (SSSR count). The molecule has 7 heteroatoms. The fourth-order valence-corrected chi connectivity index (χ4v) is 3.33. The van der Waals surface area contributed by atoms with Crippen molar-refractivity contribution in [2.75, 3.05) is 19.5 Å². The standard InChI is InChI=1S/C21H20N4O2S/c1-3-12-25-20(17-6-10-18(26-2)11-7-17)23-24-21(25)28-14-13-27-19-8-4-16(15-22)5-9-19/h3-11H,1,12-14H2,2H3. The highest BCUT2D eigenvalue weighted by Crippen LogP contribution is 2.25. The monoisotopic (exact) mass is 392 g/mol. The zero-order valence-electron chi connectivity index (χ0n) is 15.5. The summed E-state index contributed by atoms with van der Waals surface area (Å²) in [6.07, 6.45) is 1.83. The Balaban J connectivity index is 1.63. The Morgan fingerprint density at radius 1 is 1.11 bits per heavy atom. The predicted octanol–water partition coefficient (Wildman–Crippen LogP) is 4.18. The van der Waals surface area contributed by atoms with Crippen molar-refractivity contribution in [2.24, 2.45) is 0 Å². The zero-order valence-corrected chi connectivity index (χ0v) is 16.4. The number of benzene rings is 2. The first-order chi connectivity index (χ1) is 13.7. The van der Waals surface area contributed by atoms with Crippen molar-refractivity contribution >= 4 is 11.8 Å². The van der Waals surface area contributed by atoms with Gasteiger partial charge in [0.1, 0.15) is 11.5 Å². The number of ether oxygens (including phenoxy) is 2. The highest BCUT2D eigenvalue weighted by Gasteiger charge is 2.13. The molecule has 0 spiro atoms. The lowest BCUT2D eigenvalue weighted by Gasteiger charge is -2.09. The minimum atomic E-state index is 0.523. The molecule has 0 fully saturated rings. The first-order valence-corrected chi connectivity index (χ1v) is 9.68. The molecule has 0 aliphatic carbocycles. The molecule has 6 nitrogen and oxygen atoms in total. The van der Waals surface area contributed by atoms with Crippen LogP contribution in [0.1, 0.15) is 5.56 Å². The third-order valence-corrected chi connectivity index (χ3v) is 4.87. The lowest BCUT2D eigenvalue weighted by atomic mass is 10.2. The third-order valence-electron chi connectivity index (χ3n) is 3.94. The normalized spacial score (nSPS) is 10.3. The van der Waals surface area contributed by atoms with Gasteiger partial charge in [0.25, 0.3) is 0 Å². The number of hydrogen-bond acceptors (Lipinski definition) is 6. The van der Waals surface area contributed by atoms with Crippen molar-refractivity contribution in [1.82, 2.24) is 14.8 Å². The van der Waals surface area contributed by atoms with Crippen LogP contribution in [-0.4, -0.2) is 34.2 Å². The average Bonchev–Trinajstić information content (AvgIpc) is 3.14. The van der Waals surface area contributed by atoms with Crippen LogP contribution < -0.4 is 9.47 Å². The molecule has 3 aromatic rings. The number of hydrogen-bond donors (Lipinski definition) is 0. The number of methoxy groups -OCH3 is 1. The van der Waals surface area contributed by atoms with Crippen LogP contribution >= 0.6 is 11.8 Å². The maximum Gasteiger partial charge on any atom is 0.191 e. The van der Waals surface area contributed by atoms with Gasteiger partial charge in [-0.3, -0.25) is 4.57 Å². The molecule has 2 aromatic carbocycles. The summed E-state index contributed by atoms with van der Waals surface area (Å²) in [4.78, 5) is 0. The van der Waals surface area contributed by atoms with E-state index in [0.717, 1.165) is 33.8 Å². The summed E-state index contributed by atoms with van der Waals surface area (Å²) >= 11 is 1.58. The molecule has 0 saturated carbocycles. The van der Waals surface area contributed by atoms with E-state index in [9.17, 15) is 0 Å². The van der Waals surface area contributed by atoms with E-state index in [1.807, 2.05) is 34.9 Å². The summed E-state index contributed by atoms with van der Waals surface area (Å²) < 4.78 is 13.0. The molecular weight excluding hydrogens is 372 g/mol. The van der Waals surface area contributed by atoms with E-state index < -0.39 is 0 Å². The van der Waals surface area contributed by atoms with Crippen molar-refractivity contribution in [1.29, 1.82) is 5.26 Å². The molecule has 0 amide bonds. The summed E-state index contributed by atoms with van der Waals surface area (Å²) in [7, 11) is 1.64. The Labute approximate surface area is 168 Å². The molecule has 0 aliphatic heterocycles. The lowest BCUT2D eigenvalue weighted by Crippen LogP contribution is -2.04. The molecule has 0 aliphatic rings. The summed E-state index contributed by atoms with van der Waals surface area (Å²) in [6, 6.07) is 16.9. The average molecular weight is 392 g/mol. The van der Waals surface area contributed by atoms with Crippen LogP contribution in [0.25, 0.3) is 11.4 Å². The quantitative estimate of drug-likeness (QED) is 0.309. The number of rotatable bonds is 9. The molecule has 0 radical (unpaired) electrons. The van der Waals surface area contributed by atoms with E-state index in [-0.39, 0.29) is 0 Å². The first kappa shape index (κ1) is 19.5. The Morgan fingerprint density at radius 2 is 1.82 bits per heavy atom. The minimum absolute atomic E-state index is 0.523. The maximum absolute atomic E-state index is 8.83. The Bertz CT molecular complexity index is 960. The zero-order chi connectivity index (χ0) is 19.8. The molecule has 28 heavy (non-hydrogen) atoms. The molecular formula is C21H20N4O2S. The van der Waals surface area contributed by atoms with E-state index in [0.29, 0.717) is 18.7 Å². The second kappa shape index (κ2) is 9.62. The maximum atomic E-state index is 8.83. The van der Waals surface area contributed by atoms with Gasteiger partial charge < -0.3 is 9.47 Å². The second-order valence-corrected chi connectivity index (χ2v) is 6.83. The highest BCUT2D eigenvalue weighted by atomic mass is 32.2. The van der Waals surface area contributed by atoms with Gasteiger partial charge in [-0.05, 0) is 48.5 Å². The summed E-state index contributed by atoms with van der Waals surface area (Å²) in [5.74, 6) is 3.05. The van der Waals surface area contributed by atoms with Gasteiger partial charge in [-0.15, -0.1) is 16.8 Å². The number of allylic oxidation sites excluding steroid dienone is 1. The van der Waals surface area contributed by atoms with Gasteiger partial charge in [-0.25, -0.2) is 0 Å². The number of thioether (sulfide) groups is 1. The van der Waals surface area contributed by atoms with Gasteiger partial charge in [0.2, 0.25) is 0 Å². The van der Waals surface area contributed by atoms with E-state index >= 15 is 0 Å². The third kappa shape index (κ3) is 4.72. The van der Waals surface area contributed by atoms with Crippen molar-refractivity contribution < 1.29 is 9.47 Å². The minimum Gasteiger partial charge on any atom is -0.497 e. The highest BCUT2D eigenvalue weighted by molar-refractivity contribution is 7.99. The molecule has 0 bridgehead atoms. The molecule has 0 saturated heterocycles.